The van der Waals surface area contributed by atoms with Crippen LogP contribution in [0.25, 0.3) is 0 Å². The molecule has 0 aliphatic carbocycles. The summed E-state index contributed by atoms with van der Waals surface area (Å²) < 4.78 is 44.1. The van der Waals surface area contributed by atoms with Gasteiger partial charge in [-0.05, 0) is 36.8 Å². The summed E-state index contributed by atoms with van der Waals surface area (Å²) in [6, 6.07) is 13.4. The molecule has 0 fully saturated rings. The minimum atomic E-state index is -4.44. The molecule has 0 bridgehead atoms. The Bertz CT molecular complexity index is 600. The lowest BCUT2D eigenvalue weighted by Crippen LogP contribution is -2.21. The molecule has 3 nitrogen and oxygen atoms in total. The summed E-state index contributed by atoms with van der Waals surface area (Å²) in [6.07, 6.45) is -4.44. The second-order valence-corrected chi connectivity index (χ2v) is 4.61. The van der Waals surface area contributed by atoms with Crippen molar-refractivity contribution in [3.8, 4) is 5.75 Å². The zero-order chi connectivity index (χ0) is 16.0. The number of benzene rings is 2. The van der Waals surface area contributed by atoms with Crippen LogP contribution in [-0.2, 0) is 12.7 Å². The Balaban J connectivity index is 2.05. The Morgan fingerprint density at radius 3 is 2.41 bits per heavy atom. The number of alkyl halides is 3. The highest BCUT2D eigenvalue weighted by atomic mass is 19.4. The number of hydrazine groups is 1. The van der Waals surface area contributed by atoms with Crippen molar-refractivity contribution in [3.05, 3.63) is 59.7 Å². The highest BCUT2D eigenvalue weighted by molar-refractivity contribution is 5.42. The van der Waals surface area contributed by atoms with Crippen LogP contribution in [0.3, 0.4) is 0 Å². The second kappa shape index (κ2) is 7.17. The minimum Gasteiger partial charge on any atom is -0.493 e. The van der Waals surface area contributed by atoms with Crippen LogP contribution < -0.4 is 15.6 Å². The molecule has 0 aliphatic rings. The summed E-state index contributed by atoms with van der Waals surface area (Å²) in [7, 11) is 0. The first-order valence-electron chi connectivity index (χ1n) is 6.87. The maximum atomic E-state index is 13.0. The molecular weight excluding hydrogens is 293 g/mol. The molecule has 0 spiro atoms. The van der Waals surface area contributed by atoms with Gasteiger partial charge >= 0.3 is 6.18 Å². The predicted octanol–water partition coefficient (Wildman–Crippen LogP) is 4.22. The molecule has 2 aromatic rings. The predicted molar refractivity (Wildman–Crippen MR) is 79.5 cm³/mol. The lowest BCUT2D eigenvalue weighted by Gasteiger charge is -2.15. The van der Waals surface area contributed by atoms with Gasteiger partial charge in [0.1, 0.15) is 5.75 Å². The molecule has 2 aromatic carbocycles. The summed E-state index contributed by atoms with van der Waals surface area (Å²) in [5, 5.41) is 0. The van der Waals surface area contributed by atoms with Gasteiger partial charge in [-0.25, -0.2) is 5.43 Å². The zero-order valence-electron chi connectivity index (χ0n) is 12.1. The largest absolute Gasteiger partial charge is 0.493 e. The number of hydrogen-bond acceptors (Lipinski definition) is 3. The lowest BCUT2D eigenvalue weighted by atomic mass is 10.1. The van der Waals surface area contributed by atoms with E-state index in [1.807, 2.05) is 30.3 Å². The van der Waals surface area contributed by atoms with Crippen LogP contribution in [0.5, 0.6) is 5.75 Å². The van der Waals surface area contributed by atoms with Gasteiger partial charge in [-0.3, -0.25) is 0 Å². The quantitative estimate of drug-likeness (QED) is 0.784. The average molecular weight is 310 g/mol. The average Bonchev–Trinajstić information content (AvgIpc) is 2.49. The smallest absolute Gasteiger partial charge is 0.419 e. The third-order valence-corrected chi connectivity index (χ3v) is 2.95. The van der Waals surface area contributed by atoms with Crippen LogP contribution in [0.4, 0.5) is 18.9 Å². The van der Waals surface area contributed by atoms with Crippen LogP contribution in [0.15, 0.2) is 48.5 Å². The molecule has 0 heterocycles. The number of halogens is 3. The molecule has 118 valence electrons. The molecular formula is C16H17F3N2O. The van der Waals surface area contributed by atoms with Gasteiger partial charge in [-0.2, -0.15) is 13.2 Å². The molecule has 0 unspecified atom stereocenters. The van der Waals surface area contributed by atoms with Gasteiger partial charge < -0.3 is 10.2 Å². The van der Waals surface area contributed by atoms with Crippen molar-refractivity contribution in [1.82, 2.24) is 5.43 Å². The van der Waals surface area contributed by atoms with Crippen molar-refractivity contribution < 1.29 is 17.9 Å². The minimum absolute atomic E-state index is 0.144. The van der Waals surface area contributed by atoms with Crippen LogP contribution in [0.2, 0.25) is 0 Å². The molecule has 0 atom stereocenters. The molecule has 0 aliphatic heterocycles. The fraction of sp³-hybridized carbons (Fsp3) is 0.250. The number of para-hydroxylation sites is 1. The number of anilines is 1. The number of nitrogens with one attached hydrogen (secondary N) is 2. The number of hydrogen-bond donors (Lipinski definition) is 2. The van der Waals surface area contributed by atoms with Gasteiger partial charge in [0.15, 0.2) is 0 Å². The van der Waals surface area contributed by atoms with E-state index in [4.69, 9.17) is 4.74 Å². The highest BCUT2D eigenvalue weighted by Crippen LogP contribution is 2.36. The van der Waals surface area contributed by atoms with Crippen molar-refractivity contribution >= 4 is 5.69 Å². The summed E-state index contributed by atoms with van der Waals surface area (Å²) >= 11 is 0. The highest BCUT2D eigenvalue weighted by Gasteiger charge is 2.34. The molecule has 2 rings (SSSR count). The van der Waals surface area contributed by atoms with E-state index < -0.39 is 11.7 Å². The van der Waals surface area contributed by atoms with E-state index in [2.05, 4.69) is 10.9 Å². The Kier molecular flexibility index (Phi) is 5.27. The van der Waals surface area contributed by atoms with Crippen LogP contribution in [0, 0.1) is 0 Å². The van der Waals surface area contributed by atoms with Crippen molar-refractivity contribution in [2.24, 2.45) is 0 Å². The molecule has 22 heavy (non-hydrogen) atoms. The van der Waals surface area contributed by atoms with Crippen molar-refractivity contribution in [2.75, 3.05) is 12.0 Å². The van der Waals surface area contributed by atoms with Crippen LogP contribution in [-0.4, -0.2) is 6.61 Å². The molecule has 0 radical (unpaired) electrons. The Morgan fingerprint density at radius 1 is 1.05 bits per heavy atom. The first kappa shape index (κ1) is 16.2. The van der Waals surface area contributed by atoms with Crippen molar-refractivity contribution in [3.63, 3.8) is 0 Å². The Labute approximate surface area is 127 Å². The van der Waals surface area contributed by atoms with E-state index in [0.717, 1.165) is 11.8 Å². The van der Waals surface area contributed by atoms with E-state index in [1.54, 1.807) is 13.0 Å². The number of rotatable bonds is 6. The van der Waals surface area contributed by atoms with E-state index in [-0.39, 0.29) is 18.9 Å². The monoisotopic (exact) mass is 310 g/mol. The maximum absolute atomic E-state index is 13.0. The van der Waals surface area contributed by atoms with Crippen LogP contribution in [0.1, 0.15) is 18.1 Å². The second-order valence-electron chi connectivity index (χ2n) is 4.61. The molecule has 6 heteroatoms. The van der Waals surface area contributed by atoms with Gasteiger partial charge in [0.05, 0.1) is 12.2 Å². The van der Waals surface area contributed by atoms with Crippen molar-refractivity contribution in [2.45, 2.75) is 19.6 Å². The third kappa shape index (κ3) is 4.39. The summed E-state index contributed by atoms with van der Waals surface area (Å²) in [4.78, 5) is 0. The van der Waals surface area contributed by atoms with E-state index in [9.17, 15) is 13.2 Å². The third-order valence-electron chi connectivity index (χ3n) is 2.95. The van der Waals surface area contributed by atoms with Gasteiger partial charge in [0, 0.05) is 12.2 Å². The Morgan fingerprint density at radius 2 is 1.77 bits per heavy atom. The molecule has 0 saturated heterocycles. The molecule has 0 aromatic heterocycles. The molecule has 2 N–H and O–H groups in total. The molecule has 0 amide bonds. The normalized spacial score (nSPS) is 11.3. The van der Waals surface area contributed by atoms with Crippen molar-refractivity contribution in [1.29, 1.82) is 0 Å². The first-order valence-corrected chi connectivity index (χ1v) is 6.87. The van der Waals surface area contributed by atoms with Crippen LogP contribution >= 0.6 is 0 Å². The maximum Gasteiger partial charge on any atom is 0.419 e. The molecule has 0 saturated carbocycles. The van der Waals surface area contributed by atoms with Gasteiger partial charge in [0.25, 0.3) is 0 Å². The summed E-state index contributed by atoms with van der Waals surface area (Å²) in [5.41, 5.74) is 6.41. The standard InChI is InChI=1S/C16H17F3N2O/c1-2-22-15-9-8-12(10-14(15)16(17,18)19)11-20-21-13-6-4-3-5-7-13/h3-10,20-21H,2,11H2,1H3. The van der Waals surface area contributed by atoms with Gasteiger partial charge in [0.2, 0.25) is 0 Å². The van der Waals surface area contributed by atoms with E-state index >= 15 is 0 Å². The summed E-state index contributed by atoms with van der Waals surface area (Å²) in [6.45, 7) is 2.10. The lowest BCUT2D eigenvalue weighted by molar-refractivity contribution is -0.139. The fourth-order valence-electron chi connectivity index (χ4n) is 1.96. The van der Waals surface area contributed by atoms with E-state index in [1.165, 1.54) is 6.07 Å². The number of ether oxygens (including phenoxy) is 1. The topological polar surface area (TPSA) is 33.3 Å². The van der Waals surface area contributed by atoms with Gasteiger partial charge in [-0.1, -0.05) is 24.3 Å². The van der Waals surface area contributed by atoms with Gasteiger partial charge in [-0.15, -0.1) is 0 Å². The SMILES string of the molecule is CCOc1ccc(CNNc2ccccc2)cc1C(F)(F)F. The van der Waals surface area contributed by atoms with E-state index in [0.29, 0.717) is 5.56 Å². The fourth-order valence-corrected chi connectivity index (χ4v) is 1.96. The zero-order valence-corrected chi connectivity index (χ0v) is 12.1. The summed E-state index contributed by atoms with van der Waals surface area (Å²) in [5.74, 6) is -0.144. The first-order chi connectivity index (χ1) is 10.5. The Hall–Kier alpha value is -2.21.